The van der Waals surface area contributed by atoms with E-state index < -0.39 is 12.0 Å². The monoisotopic (exact) mass is 491 g/mol. The molecule has 4 rings (SSSR count). The Morgan fingerprint density at radius 1 is 0.889 bits per heavy atom. The van der Waals surface area contributed by atoms with Gasteiger partial charge in [-0.2, -0.15) is 0 Å². The lowest BCUT2D eigenvalue weighted by Gasteiger charge is -2.39. The molecule has 190 valence electrons. The largest absolute Gasteiger partial charge is 0.467 e. The molecular formula is C28H33N3O5. The molecule has 2 saturated heterocycles. The first kappa shape index (κ1) is 25.4. The number of nitrogens with one attached hydrogen (secondary N) is 1. The van der Waals surface area contributed by atoms with Crippen LogP contribution in [0.1, 0.15) is 52.5 Å². The van der Waals surface area contributed by atoms with E-state index in [-0.39, 0.29) is 23.1 Å². The number of rotatable bonds is 6. The Bertz CT molecular complexity index is 1110. The molecule has 3 amide bonds. The number of likely N-dealkylation sites (tertiary alicyclic amines) is 2. The molecule has 2 aliphatic rings. The maximum atomic E-state index is 13.0. The molecule has 1 spiro atoms. The number of esters is 1. The highest BCUT2D eigenvalue weighted by Gasteiger charge is 2.43. The molecule has 8 nitrogen and oxygen atoms in total. The van der Waals surface area contributed by atoms with Crippen molar-refractivity contribution in [3.05, 3.63) is 71.3 Å². The number of hydrogen-bond donors (Lipinski definition) is 1. The van der Waals surface area contributed by atoms with Crippen molar-refractivity contribution in [3.8, 4) is 0 Å². The normalized spacial score (nSPS) is 17.5. The van der Waals surface area contributed by atoms with Gasteiger partial charge in [-0.3, -0.25) is 9.59 Å². The Morgan fingerprint density at radius 2 is 1.47 bits per heavy atom. The van der Waals surface area contributed by atoms with Crippen molar-refractivity contribution in [2.75, 3.05) is 33.3 Å². The van der Waals surface area contributed by atoms with Crippen LogP contribution in [0.3, 0.4) is 0 Å². The summed E-state index contributed by atoms with van der Waals surface area (Å²) in [6, 6.07) is 15.3. The minimum Gasteiger partial charge on any atom is -0.467 e. The van der Waals surface area contributed by atoms with Gasteiger partial charge < -0.3 is 19.9 Å². The maximum Gasteiger partial charge on any atom is 0.328 e. The van der Waals surface area contributed by atoms with Gasteiger partial charge in [0.15, 0.2) is 5.78 Å². The first-order chi connectivity index (χ1) is 17.3. The summed E-state index contributed by atoms with van der Waals surface area (Å²) in [7, 11) is 1.32. The third-order valence-corrected chi connectivity index (χ3v) is 7.44. The molecule has 0 bridgehead atoms. The first-order valence-corrected chi connectivity index (χ1v) is 12.4. The van der Waals surface area contributed by atoms with E-state index in [1.165, 1.54) is 14.0 Å². The second kappa shape index (κ2) is 10.9. The second-order valence-corrected chi connectivity index (χ2v) is 9.81. The molecule has 0 aromatic heterocycles. The smallest absolute Gasteiger partial charge is 0.328 e. The highest BCUT2D eigenvalue weighted by atomic mass is 16.5. The Morgan fingerprint density at radius 3 is 2.06 bits per heavy atom. The zero-order chi connectivity index (χ0) is 25.7. The zero-order valence-electron chi connectivity index (χ0n) is 20.9. The number of methoxy groups -OCH3 is 1. The fourth-order valence-electron chi connectivity index (χ4n) is 5.16. The number of ether oxygens (including phenoxy) is 1. The molecule has 0 radical (unpaired) electrons. The van der Waals surface area contributed by atoms with Crippen LogP contribution in [0.4, 0.5) is 4.79 Å². The molecule has 2 heterocycles. The maximum absolute atomic E-state index is 13.0. The van der Waals surface area contributed by atoms with Gasteiger partial charge in [0, 0.05) is 43.7 Å². The molecule has 1 N–H and O–H groups in total. The van der Waals surface area contributed by atoms with Crippen LogP contribution < -0.4 is 5.32 Å². The number of piperidine rings is 1. The van der Waals surface area contributed by atoms with Crippen LogP contribution in [0.2, 0.25) is 0 Å². The fraction of sp³-hybridized carbons (Fsp3) is 0.429. The molecule has 2 aromatic carbocycles. The number of amides is 3. The van der Waals surface area contributed by atoms with E-state index in [1.54, 1.807) is 29.2 Å². The van der Waals surface area contributed by atoms with E-state index >= 15 is 0 Å². The summed E-state index contributed by atoms with van der Waals surface area (Å²) < 4.78 is 4.92. The van der Waals surface area contributed by atoms with Crippen molar-refractivity contribution >= 4 is 23.7 Å². The van der Waals surface area contributed by atoms with Crippen molar-refractivity contribution in [1.29, 1.82) is 0 Å². The summed E-state index contributed by atoms with van der Waals surface area (Å²) in [6.07, 6.45) is 2.87. The Labute approximate surface area is 211 Å². The Hall–Kier alpha value is -3.68. The van der Waals surface area contributed by atoms with Gasteiger partial charge >= 0.3 is 12.0 Å². The molecule has 0 saturated carbocycles. The summed E-state index contributed by atoms with van der Waals surface area (Å²) in [5.41, 5.74) is 2.09. The van der Waals surface area contributed by atoms with Gasteiger partial charge in [0.25, 0.3) is 5.91 Å². The minimum atomic E-state index is -0.754. The predicted molar refractivity (Wildman–Crippen MR) is 135 cm³/mol. The van der Waals surface area contributed by atoms with Crippen molar-refractivity contribution < 1.29 is 23.9 Å². The molecular weight excluding hydrogens is 458 g/mol. The van der Waals surface area contributed by atoms with Gasteiger partial charge in [0.05, 0.1) is 7.11 Å². The number of benzene rings is 2. The molecule has 0 unspecified atom stereocenters. The van der Waals surface area contributed by atoms with Gasteiger partial charge in [0.1, 0.15) is 6.04 Å². The molecule has 2 fully saturated rings. The summed E-state index contributed by atoms with van der Waals surface area (Å²) >= 11 is 0. The van der Waals surface area contributed by atoms with Gasteiger partial charge in [-0.1, -0.05) is 42.5 Å². The van der Waals surface area contributed by atoms with Crippen LogP contribution in [0.5, 0.6) is 0 Å². The van der Waals surface area contributed by atoms with E-state index in [2.05, 4.69) is 5.32 Å². The molecule has 2 aliphatic heterocycles. The summed E-state index contributed by atoms with van der Waals surface area (Å²) in [6.45, 7) is 3.98. The number of hydrogen-bond acceptors (Lipinski definition) is 5. The Balaban J connectivity index is 1.32. The van der Waals surface area contributed by atoms with Crippen molar-refractivity contribution in [2.24, 2.45) is 5.41 Å². The number of nitrogens with zero attached hydrogens (tertiary/aromatic N) is 2. The number of carbonyl (C=O) groups excluding carboxylic acids is 4. The van der Waals surface area contributed by atoms with E-state index in [1.807, 2.05) is 35.2 Å². The van der Waals surface area contributed by atoms with E-state index in [0.29, 0.717) is 43.7 Å². The number of carbonyl (C=O) groups is 4. The van der Waals surface area contributed by atoms with Crippen LogP contribution in [0.25, 0.3) is 0 Å². The lowest BCUT2D eigenvalue weighted by molar-refractivity contribution is -0.142. The molecule has 2 aromatic rings. The second-order valence-electron chi connectivity index (χ2n) is 9.81. The van der Waals surface area contributed by atoms with E-state index in [9.17, 15) is 19.2 Å². The number of urea groups is 1. The van der Waals surface area contributed by atoms with Crippen LogP contribution in [-0.2, 0) is 16.0 Å². The zero-order valence-corrected chi connectivity index (χ0v) is 20.9. The van der Waals surface area contributed by atoms with Crippen LogP contribution in [-0.4, -0.2) is 72.8 Å². The minimum absolute atomic E-state index is 0.0210. The van der Waals surface area contributed by atoms with Crippen LogP contribution >= 0.6 is 0 Å². The standard InChI is InChI=1S/C28H33N3O5/c1-20(32)22-8-10-23(11-9-22)25(33)30-15-12-28(13-16-30)14-17-31(19-28)27(35)29-24(26(34)36-2)18-21-6-4-3-5-7-21/h3-11,24H,12-19H2,1-2H3,(H,29,35)/t24-/m0/s1. The van der Waals surface area contributed by atoms with E-state index in [0.717, 1.165) is 24.8 Å². The average Bonchev–Trinajstić information content (AvgIpc) is 3.32. The van der Waals surface area contributed by atoms with Crippen molar-refractivity contribution in [3.63, 3.8) is 0 Å². The lowest BCUT2D eigenvalue weighted by Crippen LogP contribution is -2.50. The SMILES string of the molecule is COC(=O)[C@H](Cc1ccccc1)NC(=O)N1CCC2(CCN(C(=O)c3ccc(C(C)=O)cc3)CC2)C1. The topological polar surface area (TPSA) is 96.0 Å². The molecule has 36 heavy (non-hydrogen) atoms. The van der Waals surface area contributed by atoms with Gasteiger partial charge in [0.2, 0.25) is 0 Å². The third-order valence-electron chi connectivity index (χ3n) is 7.44. The summed E-state index contributed by atoms with van der Waals surface area (Å²) in [4.78, 5) is 53.4. The highest BCUT2D eigenvalue weighted by molar-refractivity contribution is 5.97. The average molecular weight is 492 g/mol. The van der Waals surface area contributed by atoms with Gasteiger partial charge in [-0.15, -0.1) is 0 Å². The quantitative estimate of drug-likeness (QED) is 0.494. The first-order valence-electron chi connectivity index (χ1n) is 12.4. The van der Waals surface area contributed by atoms with Gasteiger partial charge in [-0.25, -0.2) is 9.59 Å². The van der Waals surface area contributed by atoms with Crippen LogP contribution in [0.15, 0.2) is 54.6 Å². The van der Waals surface area contributed by atoms with Gasteiger partial charge in [-0.05, 0) is 49.3 Å². The Kier molecular flexibility index (Phi) is 7.72. The highest BCUT2D eigenvalue weighted by Crippen LogP contribution is 2.40. The molecule has 0 aliphatic carbocycles. The third kappa shape index (κ3) is 5.75. The number of ketones is 1. The fourth-order valence-corrected chi connectivity index (χ4v) is 5.16. The molecule has 8 heteroatoms. The molecule has 1 atom stereocenters. The number of Topliss-reactive ketones (excluding diaryl/α,β-unsaturated/α-hetero) is 1. The summed E-state index contributed by atoms with van der Waals surface area (Å²) in [5.74, 6) is -0.527. The lowest BCUT2D eigenvalue weighted by atomic mass is 9.77. The van der Waals surface area contributed by atoms with Crippen molar-refractivity contribution in [1.82, 2.24) is 15.1 Å². The summed E-state index contributed by atoms with van der Waals surface area (Å²) in [5, 5.41) is 2.86. The predicted octanol–water partition coefficient (Wildman–Crippen LogP) is 3.31. The van der Waals surface area contributed by atoms with Crippen LogP contribution in [0, 0.1) is 5.41 Å². The van der Waals surface area contributed by atoms with Crippen molar-refractivity contribution in [2.45, 2.75) is 38.6 Å². The van der Waals surface area contributed by atoms with E-state index in [4.69, 9.17) is 4.74 Å².